The van der Waals surface area contributed by atoms with E-state index in [0.29, 0.717) is 11.3 Å². The van der Waals surface area contributed by atoms with Crippen LogP contribution in [-0.2, 0) is 4.79 Å². The van der Waals surface area contributed by atoms with E-state index >= 15 is 0 Å². The minimum atomic E-state index is -0.337. The first-order valence-corrected chi connectivity index (χ1v) is 7.54. The van der Waals surface area contributed by atoms with Gasteiger partial charge in [-0.25, -0.2) is 0 Å². The quantitative estimate of drug-likeness (QED) is 0.749. The van der Waals surface area contributed by atoms with Gasteiger partial charge in [-0.2, -0.15) is 0 Å². The predicted octanol–water partition coefficient (Wildman–Crippen LogP) is 2.68. The average molecular weight is 321 g/mol. The first kappa shape index (κ1) is 18.1. The summed E-state index contributed by atoms with van der Waals surface area (Å²) in [7, 11) is 0. The van der Waals surface area contributed by atoms with Crippen molar-refractivity contribution in [1.82, 2.24) is 10.6 Å². The molecule has 0 saturated heterocycles. The smallest absolute Gasteiger partial charge is 0.253 e. The van der Waals surface area contributed by atoms with Gasteiger partial charge in [-0.05, 0) is 45.1 Å². The van der Waals surface area contributed by atoms with Crippen molar-refractivity contribution in [3.05, 3.63) is 29.8 Å². The Labute approximate surface area is 136 Å². The number of hydrogen-bond acceptors (Lipinski definition) is 3. The molecule has 0 aliphatic rings. The minimum absolute atomic E-state index is 0.167. The number of thiocarbonyl (C=S) groups is 1. The Balaban J connectivity index is 2.86. The van der Waals surface area contributed by atoms with Gasteiger partial charge < -0.3 is 16.0 Å². The molecule has 0 aliphatic heterocycles. The Morgan fingerprint density at radius 3 is 2.27 bits per heavy atom. The van der Waals surface area contributed by atoms with Gasteiger partial charge in [0.1, 0.15) is 0 Å². The highest BCUT2D eigenvalue weighted by molar-refractivity contribution is 7.80. The van der Waals surface area contributed by atoms with Gasteiger partial charge in [0, 0.05) is 11.5 Å². The Morgan fingerprint density at radius 1 is 1.14 bits per heavy atom. The largest absolute Gasteiger partial charge is 0.347 e. The second-order valence-electron chi connectivity index (χ2n) is 6.35. The van der Waals surface area contributed by atoms with E-state index in [1.807, 2.05) is 20.8 Å². The molecule has 5 nitrogen and oxygen atoms in total. The summed E-state index contributed by atoms with van der Waals surface area (Å²) in [5.74, 6) is -0.540. The van der Waals surface area contributed by atoms with E-state index in [9.17, 15) is 9.59 Å². The molecular weight excluding hydrogens is 298 g/mol. The molecule has 0 radical (unpaired) electrons. The number of rotatable bonds is 3. The zero-order valence-electron chi connectivity index (χ0n) is 13.6. The van der Waals surface area contributed by atoms with Crippen LogP contribution >= 0.6 is 12.2 Å². The molecule has 0 spiro atoms. The van der Waals surface area contributed by atoms with Gasteiger partial charge in [-0.1, -0.05) is 26.0 Å². The van der Waals surface area contributed by atoms with Crippen LogP contribution in [0.1, 0.15) is 45.0 Å². The number of carbonyl (C=O) groups is 2. The number of amides is 2. The Kier molecular flexibility index (Phi) is 6.05. The van der Waals surface area contributed by atoms with Crippen LogP contribution in [0.15, 0.2) is 24.3 Å². The molecule has 0 aromatic heterocycles. The maximum Gasteiger partial charge on any atom is 0.253 e. The van der Waals surface area contributed by atoms with E-state index in [1.165, 1.54) is 0 Å². The van der Waals surface area contributed by atoms with E-state index in [-0.39, 0.29) is 28.4 Å². The average Bonchev–Trinajstić information content (AvgIpc) is 2.36. The topological polar surface area (TPSA) is 70.2 Å². The van der Waals surface area contributed by atoms with Crippen molar-refractivity contribution in [2.24, 2.45) is 5.92 Å². The van der Waals surface area contributed by atoms with Crippen LogP contribution in [0.25, 0.3) is 0 Å². The number of para-hydroxylation sites is 1. The Hall–Kier alpha value is -1.95. The van der Waals surface area contributed by atoms with Crippen LogP contribution in [-0.4, -0.2) is 22.5 Å². The van der Waals surface area contributed by atoms with Gasteiger partial charge in [-0.3, -0.25) is 9.59 Å². The fourth-order valence-electron chi connectivity index (χ4n) is 1.61. The lowest BCUT2D eigenvalue weighted by Crippen LogP contribution is -2.41. The third-order valence-electron chi connectivity index (χ3n) is 2.67. The molecular formula is C16H23N3O2S. The highest BCUT2D eigenvalue weighted by atomic mass is 32.1. The van der Waals surface area contributed by atoms with Crippen molar-refractivity contribution < 1.29 is 9.59 Å². The second kappa shape index (κ2) is 7.35. The monoisotopic (exact) mass is 321 g/mol. The van der Waals surface area contributed by atoms with E-state index in [4.69, 9.17) is 12.2 Å². The summed E-state index contributed by atoms with van der Waals surface area (Å²) >= 11 is 5.11. The number of anilines is 1. The van der Waals surface area contributed by atoms with Gasteiger partial charge in [0.05, 0.1) is 11.3 Å². The summed E-state index contributed by atoms with van der Waals surface area (Å²) in [6.45, 7) is 9.29. The SMILES string of the molecule is CC(C)C(=O)NC(=S)Nc1ccccc1C(=O)NC(C)(C)C. The molecule has 6 heteroatoms. The number of nitrogens with one attached hydrogen (secondary N) is 3. The third kappa shape index (κ3) is 5.81. The molecule has 0 fully saturated rings. The van der Waals surface area contributed by atoms with Crippen molar-refractivity contribution in [3.8, 4) is 0 Å². The van der Waals surface area contributed by atoms with Crippen LogP contribution < -0.4 is 16.0 Å². The summed E-state index contributed by atoms with van der Waals surface area (Å²) < 4.78 is 0. The van der Waals surface area contributed by atoms with Crippen LogP contribution in [0, 0.1) is 5.92 Å². The van der Waals surface area contributed by atoms with Gasteiger partial charge in [-0.15, -0.1) is 0 Å². The Morgan fingerprint density at radius 2 is 1.73 bits per heavy atom. The Bertz CT molecular complexity index is 577. The molecule has 3 N–H and O–H groups in total. The lowest BCUT2D eigenvalue weighted by molar-refractivity contribution is -0.122. The third-order valence-corrected chi connectivity index (χ3v) is 2.87. The molecule has 1 aromatic rings. The first-order chi connectivity index (χ1) is 10.1. The summed E-state index contributed by atoms with van der Waals surface area (Å²) in [5, 5.41) is 8.57. The van der Waals surface area contributed by atoms with E-state index < -0.39 is 0 Å². The van der Waals surface area contributed by atoms with Crippen molar-refractivity contribution >= 4 is 34.8 Å². The molecule has 120 valence electrons. The number of carbonyl (C=O) groups excluding carboxylic acids is 2. The molecule has 0 unspecified atom stereocenters. The van der Waals surface area contributed by atoms with E-state index in [2.05, 4.69) is 16.0 Å². The van der Waals surface area contributed by atoms with E-state index in [0.717, 1.165) is 0 Å². The molecule has 0 bridgehead atoms. The van der Waals surface area contributed by atoms with Crippen molar-refractivity contribution in [3.63, 3.8) is 0 Å². The van der Waals surface area contributed by atoms with Crippen molar-refractivity contribution in [1.29, 1.82) is 0 Å². The highest BCUT2D eigenvalue weighted by Crippen LogP contribution is 2.16. The summed E-state index contributed by atoms with van der Waals surface area (Å²) in [5.41, 5.74) is 0.688. The van der Waals surface area contributed by atoms with Crippen molar-refractivity contribution in [2.45, 2.75) is 40.2 Å². The zero-order chi connectivity index (χ0) is 16.9. The molecule has 1 aromatic carbocycles. The molecule has 22 heavy (non-hydrogen) atoms. The molecule has 0 atom stereocenters. The van der Waals surface area contributed by atoms with Crippen molar-refractivity contribution in [2.75, 3.05) is 5.32 Å². The lowest BCUT2D eigenvalue weighted by Gasteiger charge is -2.22. The maximum atomic E-state index is 12.3. The van der Waals surface area contributed by atoms with Crippen LogP contribution in [0.2, 0.25) is 0 Å². The molecule has 0 heterocycles. The highest BCUT2D eigenvalue weighted by Gasteiger charge is 2.18. The number of hydrogen-bond donors (Lipinski definition) is 3. The second-order valence-corrected chi connectivity index (χ2v) is 6.76. The zero-order valence-corrected chi connectivity index (χ0v) is 14.4. The maximum absolute atomic E-state index is 12.3. The van der Waals surface area contributed by atoms with E-state index in [1.54, 1.807) is 38.1 Å². The summed E-state index contributed by atoms with van der Waals surface area (Å²) in [6, 6.07) is 7.02. The van der Waals surface area contributed by atoms with Gasteiger partial charge in [0.15, 0.2) is 5.11 Å². The fourth-order valence-corrected chi connectivity index (χ4v) is 1.82. The summed E-state index contributed by atoms with van der Waals surface area (Å²) in [4.78, 5) is 23.9. The van der Waals surface area contributed by atoms with Gasteiger partial charge in [0.2, 0.25) is 5.91 Å². The van der Waals surface area contributed by atoms with Gasteiger partial charge in [0.25, 0.3) is 5.91 Å². The molecule has 1 rings (SSSR count). The minimum Gasteiger partial charge on any atom is -0.347 e. The lowest BCUT2D eigenvalue weighted by atomic mass is 10.1. The van der Waals surface area contributed by atoms with Crippen LogP contribution in [0.4, 0.5) is 5.69 Å². The first-order valence-electron chi connectivity index (χ1n) is 7.13. The van der Waals surface area contributed by atoms with Crippen LogP contribution in [0.5, 0.6) is 0 Å². The fraction of sp³-hybridized carbons (Fsp3) is 0.438. The normalized spacial score (nSPS) is 11.0. The molecule has 0 saturated carbocycles. The number of benzene rings is 1. The summed E-state index contributed by atoms with van der Waals surface area (Å²) in [6.07, 6.45) is 0. The van der Waals surface area contributed by atoms with Crippen LogP contribution in [0.3, 0.4) is 0 Å². The molecule has 2 amide bonds. The molecule has 0 aliphatic carbocycles. The predicted molar refractivity (Wildman–Crippen MR) is 92.9 cm³/mol. The van der Waals surface area contributed by atoms with Gasteiger partial charge >= 0.3 is 0 Å². The standard InChI is InChI=1S/C16H23N3O2S/c1-10(2)13(20)18-15(22)17-12-9-7-6-8-11(12)14(21)19-16(3,4)5/h6-10H,1-5H3,(H,19,21)(H2,17,18,20,22).